The van der Waals surface area contributed by atoms with Crippen LogP contribution in [0.3, 0.4) is 0 Å². The van der Waals surface area contributed by atoms with Gasteiger partial charge in [-0.1, -0.05) is 158 Å². The molecule has 9 rings (SSSR count). The number of hydrogen-bond acceptors (Lipinski definition) is 5. The van der Waals surface area contributed by atoms with Gasteiger partial charge in [0.1, 0.15) is 11.6 Å². The van der Waals surface area contributed by atoms with Crippen molar-refractivity contribution in [1.29, 1.82) is 5.26 Å². The predicted octanol–water partition coefficient (Wildman–Crippen LogP) is 17.7. The summed E-state index contributed by atoms with van der Waals surface area (Å²) < 4.78 is 0. The number of benzene rings is 5. The van der Waals surface area contributed by atoms with E-state index in [-0.39, 0.29) is 21.7 Å². The number of allylic oxidation sites excluding steroid dienone is 1. The predicted molar refractivity (Wildman–Crippen MR) is 280 cm³/mol. The molecule has 0 amide bonds. The lowest BCUT2D eigenvalue weighted by Gasteiger charge is -2.35. The lowest BCUT2D eigenvalue weighted by molar-refractivity contribution is -0.132. The van der Waals surface area contributed by atoms with Gasteiger partial charge in [0.25, 0.3) is 0 Å². The summed E-state index contributed by atoms with van der Waals surface area (Å²) in [4.78, 5) is 17.1. The van der Waals surface area contributed by atoms with Crippen molar-refractivity contribution in [2.75, 3.05) is 4.90 Å². The SMILES string of the molecule is CCCCC1(CCCC)c2ccccc2-c2ccc(N(c3ccc(C4CC=C(c5ccc(/C=C(\C#N)C(=O)O)s5)S4)cc3)c3ccc4c(c3)C(CCCC)(CCCC)c3ccccc3-4)cc21. The average Bonchev–Trinajstić information content (AvgIpc) is 4.14. The number of carbonyl (C=O) groups is 1. The molecule has 6 heteroatoms. The minimum absolute atomic E-state index is 0.0171. The number of anilines is 3. The van der Waals surface area contributed by atoms with Crippen LogP contribution in [0.25, 0.3) is 33.2 Å². The molecule has 0 radical (unpaired) electrons. The fraction of sp³-hybridized carbons (Fsp3) is 0.333. The molecule has 1 unspecified atom stereocenters. The Morgan fingerprint density at radius 1 is 0.652 bits per heavy atom. The summed E-state index contributed by atoms with van der Waals surface area (Å²) in [5.41, 5.74) is 16.1. The van der Waals surface area contributed by atoms with Crippen molar-refractivity contribution in [3.63, 3.8) is 0 Å². The summed E-state index contributed by atoms with van der Waals surface area (Å²) in [6.45, 7) is 9.33. The van der Waals surface area contributed by atoms with Crippen molar-refractivity contribution < 1.29 is 9.90 Å². The molecule has 0 fully saturated rings. The fourth-order valence-electron chi connectivity index (χ4n) is 11.4. The van der Waals surface area contributed by atoms with Crippen LogP contribution >= 0.6 is 23.1 Å². The second-order valence-electron chi connectivity index (χ2n) is 18.6. The molecule has 3 aliphatic rings. The number of aliphatic carboxylic acids is 1. The van der Waals surface area contributed by atoms with Crippen LogP contribution in [-0.4, -0.2) is 11.1 Å². The molecule has 6 aromatic rings. The van der Waals surface area contributed by atoms with E-state index in [1.54, 1.807) is 6.07 Å². The van der Waals surface area contributed by atoms with E-state index in [1.165, 1.54) is 135 Å². The lowest BCUT2D eigenvalue weighted by atomic mass is 9.70. The van der Waals surface area contributed by atoms with Crippen LogP contribution in [0.5, 0.6) is 0 Å². The van der Waals surface area contributed by atoms with E-state index in [4.69, 9.17) is 0 Å². The third-order valence-electron chi connectivity index (χ3n) is 14.7. The van der Waals surface area contributed by atoms with Gasteiger partial charge in [-0.05, 0) is 137 Å². The van der Waals surface area contributed by atoms with Crippen molar-refractivity contribution in [2.45, 2.75) is 127 Å². The maximum Gasteiger partial charge on any atom is 0.346 e. The van der Waals surface area contributed by atoms with Crippen molar-refractivity contribution in [2.24, 2.45) is 0 Å². The van der Waals surface area contributed by atoms with Gasteiger partial charge in [-0.3, -0.25) is 0 Å². The van der Waals surface area contributed by atoms with E-state index in [9.17, 15) is 15.2 Å². The van der Waals surface area contributed by atoms with Gasteiger partial charge in [0.2, 0.25) is 0 Å². The van der Waals surface area contributed by atoms with E-state index in [2.05, 4.69) is 148 Å². The molecule has 1 aliphatic heterocycles. The number of hydrogen-bond donors (Lipinski definition) is 1. The highest BCUT2D eigenvalue weighted by Gasteiger charge is 2.44. The van der Waals surface area contributed by atoms with Crippen molar-refractivity contribution >= 4 is 57.1 Å². The van der Waals surface area contributed by atoms with Gasteiger partial charge in [-0.2, -0.15) is 5.26 Å². The normalized spacial score (nSPS) is 16.3. The monoisotopic (exact) mass is 906 g/mol. The summed E-state index contributed by atoms with van der Waals surface area (Å²) in [5.74, 6) is -1.20. The Morgan fingerprint density at radius 3 is 1.62 bits per heavy atom. The highest BCUT2D eigenvalue weighted by Crippen LogP contribution is 2.58. The highest BCUT2D eigenvalue weighted by molar-refractivity contribution is 8.09. The Labute approximate surface area is 401 Å². The highest BCUT2D eigenvalue weighted by atomic mass is 32.2. The number of carboxylic acid groups (broad SMARTS) is 1. The molecule has 0 bridgehead atoms. The molecule has 66 heavy (non-hydrogen) atoms. The van der Waals surface area contributed by atoms with Crippen LogP contribution in [0.4, 0.5) is 17.1 Å². The first-order valence-corrected chi connectivity index (χ1v) is 26.2. The standard InChI is InChI=1S/C60H62N2O2S2/c1-5-9-33-59(34-10-6-2)51-19-15-13-17-47(51)49-28-25-44(38-53(49)59)62(45-26-29-50-48-18-14-16-20-52(48)60(35-11-7-3,36-12-8-4)54(50)39-45)43-23-21-41(22-24-43)55-31-32-57(66-55)56-30-27-46(65-56)37-42(40-61)58(63)64/h13-30,32,37-39,55H,5-12,31,33-36H2,1-4H3,(H,63,64)/b42-37+. The number of thiophene rings is 1. The molecule has 1 aromatic heterocycles. The Bertz CT molecular complexity index is 2710. The van der Waals surface area contributed by atoms with Gasteiger partial charge in [0.05, 0.1) is 0 Å². The third kappa shape index (κ3) is 8.28. The van der Waals surface area contributed by atoms with Gasteiger partial charge in [-0.15, -0.1) is 23.1 Å². The Hall–Kier alpha value is -5.61. The molecular weight excluding hydrogens is 845 g/mol. The molecule has 1 atom stereocenters. The summed E-state index contributed by atoms with van der Waals surface area (Å²) >= 11 is 3.39. The minimum atomic E-state index is -1.20. The topological polar surface area (TPSA) is 64.3 Å². The van der Waals surface area contributed by atoms with Crippen LogP contribution in [0.2, 0.25) is 0 Å². The maximum atomic E-state index is 11.5. The smallest absolute Gasteiger partial charge is 0.346 e. The van der Waals surface area contributed by atoms with Crippen molar-refractivity contribution in [1.82, 2.24) is 0 Å². The molecule has 2 heterocycles. The molecule has 2 aliphatic carbocycles. The second kappa shape index (κ2) is 19.7. The van der Waals surface area contributed by atoms with Crippen LogP contribution in [0, 0.1) is 11.3 Å². The zero-order valence-corrected chi connectivity index (χ0v) is 40.7. The number of carboxylic acids is 1. The number of rotatable bonds is 19. The first-order chi connectivity index (χ1) is 32.3. The van der Waals surface area contributed by atoms with E-state index in [1.807, 2.05) is 23.9 Å². The van der Waals surface area contributed by atoms with Crippen LogP contribution in [-0.2, 0) is 15.6 Å². The van der Waals surface area contributed by atoms with Gasteiger partial charge < -0.3 is 10.0 Å². The zero-order valence-electron chi connectivity index (χ0n) is 39.0. The number of nitrogens with zero attached hydrogens (tertiary/aromatic N) is 2. The van der Waals surface area contributed by atoms with E-state index in [0.717, 1.165) is 47.5 Å². The molecule has 4 nitrogen and oxygen atoms in total. The van der Waals surface area contributed by atoms with Crippen LogP contribution in [0.15, 0.2) is 133 Å². The quantitative estimate of drug-likeness (QED) is 0.0648. The van der Waals surface area contributed by atoms with Crippen LogP contribution in [0.1, 0.15) is 154 Å². The van der Waals surface area contributed by atoms with Crippen LogP contribution < -0.4 is 4.90 Å². The molecule has 336 valence electrons. The van der Waals surface area contributed by atoms with E-state index in [0.29, 0.717) is 0 Å². The Balaban J connectivity index is 1.14. The molecule has 0 saturated heterocycles. The van der Waals surface area contributed by atoms with Gasteiger partial charge in [0.15, 0.2) is 0 Å². The Morgan fingerprint density at radius 2 is 1.14 bits per heavy atom. The van der Waals surface area contributed by atoms with Gasteiger partial charge in [0, 0.05) is 47.8 Å². The maximum absolute atomic E-state index is 11.5. The number of unbranched alkanes of at least 4 members (excludes halogenated alkanes) is 4. The zero-order chi connectivity index (χ0) is 45.8. The first kappa shape index (κ1) is 45.5. The minimum Gasteiger partial charge on any atom is -0.477 e. The number of fused-ring (bicyclic) bond motifs is 6. The van der Waals surface area contributed by atoms with Gasteiger partial charge in [-0.25, -0.2) is 4.79 Å². The fourth-order valence-corrected chi connectivity index (χ4v) is 13.7. The van der Waals surface area contributed by atoms with Crippen molar-refractivity contribution in [3.05, 3.63) is 171 Å². The van der Waals surface area contributed by atoms with E-state index < -0.39 is 5.97 Å². The molecule has 5 aromatic carbocycles. The average molecular weight is 907 g/mol. The molecule has 0 spiro atoms. The molecular formula is C60H62N2O2S2. The number of thioether (sulfide) groups is 1. The summed E-state index contributed by atoms with van der Waals surface area (Å²) in [6.07, 6.45) is 18.8. The third-order valence-corrected chi connectivity index (χ3v) is 17.2. The molecule has 1 N–H and O–H groups in total. The number of nitriles is 1. The largest absolute Gasteiger partial charge is 0.477 e. The lowest BCUT2D eigenvalue weighted by Crippen LogP contribution is -2.26. The summed E-state index contributed by atoms with van der Waals surface area (Å²) in [6, 6.07) is 48.3. The first-order valence-electron chi connectivity index (χ1n) is 24.5. The second-order valence-corrected chi connectivity index (χ2v) is 21.0. The molecule has 0 saturated carbocycles. The van der Waals surface area contributed by atoms with E-state index >= 15 is 0 Å². The summed E-state index contributed by atoms with van der Waals surface area (Å²) in [5, 5.41) is 19.0. The summed E-state index contributed by atoms with van der Waals surface area (Å²) in [7, 11) is 0. The van der Waals surface area contributed by atoms with Gasteiger partial charge >= 0.3 is 5.97 Å². The van der Waals surface area contributed by atoms with Crippen molar-refractivity contribution in [3.8, 4) is 28.3 Å². The Kier molecular flexibility index (Phi) is 13.6.